The lowest BCUT2D eigenvalue weighted by molar-refractivity contribution is -0.147. The van der Waals surface area contributed by atoms with Crippen molar-refractivity contribution in [2.75, 3.05) is 13.1 Å². The van der Waals surface area contributed by atoms with Crippen LogP contribution in [0.1, 0.15) is 52.9 Å². The highest BCUT2D eigenvalue weighted by Crippen LogP contribution is 2.42. The van der Waals surface area contributed by atoms with E-state index >= 15 is 0 Å². The summed E-state index contributed by atoms with van der Waals surface area (Å²) in [7, 11) is 0. The van der Waals surface area contributed by atoms with Crippen LogP contribution in [0.15, 0.2) is 0 Å². The van der Waals surface area contributed by atoms with Crippen molar-refractivity contribution in [1.29, 1.82) is 0 Å². The summed E-state index contributed by atoms with van der Waals surface area (Å²) in [6, 6.07) is 0.885. The van der Waals surface area contributed by atoms with E-state index in [9.17, 15) is 9.90 Å². The van der Waals surface area contributed by atoms with E-state index in [1.165, 1.54) is 0 Å². The monoisotopic (exact) mass is 268 g/mol. The molecule has 19 heavy (non-hydrogen) atoms. The van der Waals surface area contributed by atoms with Gasteiger partial charge in [-0.25, -0.2) is 0 Å². The Morgan fingerprint density at radius 3 is 2.37 bits per heavy atom. The van der Waals surface area contributed by atoms with E-state index in [0.717, 1.165) is 38.6 Å². The zero-order chi connectivity index (χ0) is 14.0. The lowest BCUT2D eigenvalue weighted by atomic mass is 9.91. The average Bonchev–Trinajstić information content (AvgIpc) is 3.25. The first-order valence-electron chi connectivity index (χ1n) is 7.78. The molecule has 0 spiro atoms. The van der Waals surface area contributed by atoms with Crippen LogP contribution in [0.3, 0.4) is 0 Å². The smallest absolute Gasteiger partial charge is 0.325 e. The lowest BCUT2D eigenvalue weighted by Gasteiger charge is -2.38. The van der Waals surface area contributed by atoms with E-state index in [4.69, 9.17) is 0 Å². The number of hydrogen-bond acceptors (Lipinski definition) is 3. The van der Waals surface area contributed by atoms with E-state index in [1.807, 2.05) is 0 Å². The number of carboxylic acid groups (broad SMARTS) is 1. The minimum atomic E-state index is -0.708. The third-order valence-electron chi connectivity index (χ3n) is 4.77. The Kier molecular flexibility index (Phi) is 4.51. The van der Waals surface area contributed by atoms with Crippen molar-refractivity contribution in [2.24, 2.45) is 5.92 Å². The number of carbonyl (C=O) groups is 1. The molecule has 2 rings (SSSR count). The maximum Gasteiger partial charge on any atom is 0.325 e. The molecule has 2 unspecified atom stereocenters. The predicted octanol–water partition coefficient (Wildman–Crippen LogP) is 2.09. The van der Waals surface area contributed by atoms with Gasteiger partial charge in [0.05, 0.1) is 0 Å². The number of aliphatic carboxylic acids is 1. The maximum absolute atomic E-state index is 11.9. The van der Waals surface area contributed by atoms with Crippen molar-refractivity contribution < 1.29 is 9.90 Å². The van der Waals surface area contributed by atoms with Crippen LogP contribution < -0.4 is 5.32 Å². The summed E-state index contributed by atoms with van der Waals surface area (Å²) in [4.78, 5) is 14.3. The quantitative estimate of drug-likeness (QED) is 0.672. The zero-order valence-corrected chi connectivity index (χ0v) is 12.5. The van der Waals surface area contributed by atoms with E-state index in [0.29, 0.717) is 24.5 Å². The average molecular weight is 268 g/mol. The fourth-order valence-electron chi connectivity index (χ4n) is 2.92. The Bertz CT molecular complexity index is 326. The molecule has 2 N–H and O–H groups in total. The summed E-state index contributed by atoms with van der Waals surface area (Å²) >= 11 is 0. The Morgan fingerprint density at radius 1 is 1.37 bits per heavy atom. The van der Waals surface area contributed by atoms with Gasteiger partial charge in [0.1, 0.15) is 5.54 Å². The molecule has 0 saturated heterocycles. The highest BCUT2D eigenvalue weighted by Gasteiger charge is 2.54. The molecule has 0 radical (unpaired) electrons. The standard InChI is InChI=1S/C15H28N2O2/c1-4-11(3)17(5-2)10-15(14(18)19,12-6-7-12)16-13-8-9-13/h11-13,16H,4-10H2,1-3H3,(H,18,19). The first-order valence-corrected chi connectivity index (χ1v) is 7.78. The van der Waals surface area contributed by atoms with E-state index in [-0.39, 0.29) is 0 Å². The molecule has 2 aliphatic rings. The van der Waals surface area contributed by atoms with Gasteiger partial charge in [0.15, 0.2) is 0 Å². The Hall–Kier alpha value is -0.610. The number of nitrogens with zero attached hydrogens (tertiary/aromatic N) is 1. The van der Waals surface area contributed by atoms with Crippen molar-refractivity contribution in [3.05, 3.63) is 0 Å². The van der Waals surface area contributed by atoms with Gasteiger partial charge in [0.2, 0.25) is 0 Å². The van der Waals surface area contributed by atoms with Crippen molar-refractivity contribution in [3.8, 4) is 0 Å². The third kappa shape index (κ3) is 3.29. The van der Waals surface area contributed by atoms with Gasteiger partial charge in [0, 0.05) is 18.6 Å². The highest BCUT2D eigenvalue weighted by atomic mass is 16.4. The van der Waals surface area contributed by atoms with Crippen LogP contribution >= 0.6 is 0 Å². The first-order chi connectivity index (χ1) is 9.03. The second kappa shape index (κ2) is 5.80. The fourth-order valence-corrected chi connectivity index (χ4v) is 2.92. The summed E-state index contributed by atoms with van der Waals surface area (Å²) < 4.78 is 0. The van der Waals surface area contributed by atoms with Gasteiger partial charge < -0.3 is 5.11 Å². The molecule has 4 heteroatoms. The summed E-state index contributed by atoms with van der Waals surface area (Å²) in [5.41, 5.74) is -0.708. The number of rotatable bonds is 9. The van der Waals surface area contributed by atoms with Gasteiger partial charge in [-0.05, 0) is 51.5 Å². The number of likely N-dealkylation sites (N-methyl/N-ethyl adjacent to an activating group) is 1. The minimum Gasteiger partial charge on any atom is -0.480 e. The van der Waals surface area contributed by atoms with Crippen molar-refractivity contribution in [2.45, 2.75) is 70.5 Å². The van der Waals surface area contributed by atoms with E-state index in [2.05, 4.69) is 31.0 Å². The molecule has 2 fully saturated rings. The summed E-state index contributed by atoms with van der Waals surface area (Å²) in [5, 5.41) is 13.3. The second-order valence-electron chi connectivity index (χ2n) is 6.29. The molecule has 2 aliphatic carbocycles. The van der Waals surface area contributed by atoms with Gasteiger partial charge >= 0.3 is 5.97 Å². The minimum absolute atomic E-state index is 0.323. The topological polar surface area (TPSA) is 52.6 Å². The first kappa shape index (κ1) is 14.8. The van der Waals surface area contributed by atoms with Crippen LogP contribution in [-0.4, -0.2) is 46.7 Å². The molecule has 0 heterocycles. The molecular weight excluding hydrogens is 240 g/mol. The van der Waals surface area contributed by atoms with Crippen LogP contribution in [0.2, 0.25) is 0 Å². The number of nitrogens with one attached hydrogen (secondary N) is 1. The molecule has 0 aromatic heterocycles. The summed E-state index contributed by atoms with van der Waals surface area (Å²) in [5.74, 6) is -0.327. The van der Waals surface area contributed by atoms with Gasteiger partial charge in [0.25, 0.3) is 0 Å². The van der Waals surface area contributed by atoms with Crippen LogP contribution in [0.25, 0.3) is 0 Å². The van der Waals surface area contributed by atoms with Gasteiger partial charge in [-0.3, -0.25) is 15.0 Å². The van der Waals surface area contributed by atoms with Gasteiger partial charge in [-0.1, -0.05) is 13.8 Å². The van der Waals surface area contributed by atoms with Gasteiger partial charge in [-0.2, -0.15) is 0 Å². The molecule has 2 atom stereocenters. The van der Waals surface area contributed by atoms with Crippen LogP contribution in [0.4, 0.5) is 0 Å². The molecule has 0 amide bonds. The molecule has 0 aromatic rings. The molecule has 0 bridgehead atoms. The van der Waals surface area contributed by atoms with Crippen LogP contribution in [-0.2, 0) is 4.79 Å². The Balaban J connectivity index is 2.12. The second-order valence-corrected chi connectivity index (χ2v) is 6.29. The van der Waals surface area contributed by atoms with Crippen molar-refractivity contribution in [3.63, 3.8) is 0 Å². The number of hydrogen-bond donors (Lipinski definition) is 2. The fraction of sp³-hybridized carbons (Fsp3) is 0.933. The van der Waals surface area contributed by atoms with E-state index in [1.54, 1.807) is 0 Å². The normalized spacial score (nSPS) is 24.2. The molecule has 110 valence electrons. The molecular formula is C15H28N2O2. The molecule has 0 aliphatic heterocycles. The number of carboxylic acids is 1. The molecule has 4 nitrogen and oxygen atoms in total. The highest BCUT2D eigenvalue weighted by molar-refractivity contribution is 5.80. The third-order valence-corrected chi connectivity index (χ3v) is 4.77. The van der Waals surface area contributed by atoms with Crippen molar-refractivity contribution >= 4 is 5.97 Å². The zero-order valence-electron chi connectivity index (χ0n) is 12.5. The van der Waals surface area contributed by atoms with Crippen LogP contribution in [0, 0.1) is 5.92 Å². The largest absolute Gasteiger partial charge is 0.480 e. The lowest BCUT2D eigenvalue weighted by Crippen LogP contribution is -2.62. The summed E-state index contributed by atoms with van der Waals surface area (Å²) in [6.45, 7) is 8.06. The maximum atomic E-state index is 11.9. The van der Waals surface area contributed by atoms with Gasteiger partial charge in [-0.15, -0.1) is 0 Å². The summed E-state index contributed by atoms with van der Waals surface area (Å²) in [6.07, 6.45) is 5.46. The van der Waals surface area contributed by atoms with E-state index < -0.39 is 11.5 Å². The van der Waals surface area contributed by atoms with Crippen LogP contribution in [0.5, 0.6) is 0 Å². The molecule has 0 aromatic carbocycles. The SMILES string of the molecule is CCC(C)N(CC)CC(NC1CC1)(C(=O)O)C1CC1. The molecule has 2 saturated carbocycles. The Labute approximate surface area is 116 Å². The van der Waals surface area contributed by atoms with Crippen molar-refractivity contribution in [1.82, 2.24) is 10.2 Å². The predicted molar refractivity (Wildman–Crippen MR) is 76.2 cm³/mol. The Morgan fingerprint density at radius 2 is 2.00 bits per heavy atom.